The summed E-state index contributed by atoms with van der Waals surface area (Å²) in [5, 5.41) is 15.0. The molecular formula is C26H33N3O2. The van der Waals surface area contributed by atoms with Crippen LogP contribution in [0.4, 0.5) is 5.69 Å². The second kappa shape index (κ2) is 7.95. The largest absolute Gasteiger partial charge is 0.384 e. The Morgan fingerprint density at radius 1 is 0.968 bits per heavy atom. The van der Waals surface area contributed by atoms with E-state index in [1.54, 1.807) is 0 Å². The monoisotopic (exact) mass is 419 g/mol. The van der Waals surface area contributed by atoms with Crippen molar-refractivity contribution in [3.05, 3.63) is 65.7 Å². The molecule has 5 rings (SSSR count). The second-order valence-corrected chi connectivity index (χ2v) is 9.50. The first-order chi connectivity index (χ1) is 15.0. The number of likely N-dealkylation sites (tertiary alicyclic amines) is 1. The SMILES string of the molecule is Cc1ccccc1[C@@]1(O)CCCC[C@H]1N1CCC2(CC1)C(=O)NCN2c1ccccc1. The van der Waals surface area contributed by atoms with Crippen LogP contribution in [-0.2, 0) is 10.4 Å². The molecule has 3 fully saturated rings. The zero-order chi connectivity index (χ0) is 21.5. The minimum atomic E-state index is -0.814. The van der Waals surface area contributed by atoms with Gasteiger partial charge in [-0.05, 0) is 55.9 Å². The molecular weight excluding hydrogens is 386 g/mol. The number of hydrogen-bond acceptors (Lipinski definition) is 4. The molecule has 2 aromatic carbocycles. The van der Waals surface area contributed by atoms with Crippen LogP contribution >= 0.6 is 0 Å². The lowest BCUT2D eigenvalue weighted by atomic mass is 9.72. The summed E-state index contributed by atoms with van der Waals surface area (Å²) in [6.45, 7) is 4.33. The normalized spacial score (nSPS) is 28.6. The Kier molecular flexibility index (Phi) is 5.27. The summed E-state index contributed by atoms with van der Waals surface area (Å²) in [5.74, 6) is 0.147. The molecule has 5 heteroatoms. The topological polar surface area (TPSA) is 55.8 Å². The van der Waals surface area contributed by atoms with Gasteiger partial charge < -0.3 is 15.3 Å². The van der Waals surface area contributed by atoms with E-state index in [0.717, 1.165) is 68.4 Å². The molecule has 2 heterocycles. The Morgan fingerprint density at radius 3 is 2.42 bits per heavy atom. The van der Waals surface area contributed by atoms with Crippen LogP contribution in [0.3, 0.4) is 0 Å². The van der Waals surface area contributed by atoms with Gasteiger partial charge in [0.15, 0.2) is 0 Å². The number of anilines is 1. The van der Waals surface area contributed by atoms with E-state index in [-0.39, 0.29) is 11.9 Å². The number of aryl methyl sites for hydroxylation is 1. The summed E-state index contributed by atoms with van der Waals surface area (Å²) in [7, 11) is 0. The number of rotatable bonds is 3. The van der Waals surface area contributed by atoms with Gasteiger partial charge >= 0.3 is 0 Å². The van der Waals surface area contributed by atoms with Gasteiger partial charge in [0.2, 0.25) is 5.91 Å². The highest BCUT2D eigenvalue weighted by Crippen LogP contribution is 2.44. The Hall–Kier alpha value is -2.37. The molecule has 2 N–H and O–H groups in total. The Balaban J connectivity index is 1.39. The van der Waals surface area contributed by atoms with E-state index in [2.05, 4.69) is 46.3 Å². The van der Waals surface area contributed by atoms with Crippen LogP contribution in [0.5, 0.6) is 0 Å². The molecule has 1 saturated carbocycles. The molecule has 0 bridgehead atoms. The second-order valence-electron chi connectivity index (χ2n) is 9.50. The highest BCUT2D eigenvalue weighted by atomic mass is 16.3. The third kappa shape index (κ3) is 3.35. The van der Waals surface area contributed by atoms with Crippen molar-refractivity contribution in [2.45, 2.75) is 62.6 Å². The van der Waals surface area contributed by atoms with Gasteiger partial charge in [-0.2, -0.15) is 0 Å². The first kappa shape index (κ1) is 20.5. The van der Waals surface area contributed by atoms with Crippen LogP contribution in [0.25, 0.3) is 0 Å². The van der Waals surface area contributed by atoms with Crippen molar-refractivity contribution < 1.29 is 9.90 Å². The van der Waals surface area contributed by atoms with Gasteiger partial charge in [0.05, 0.1) is 6.67 Å². The summed E-state index contributed by atoms with van der Waals surface area (Å²) in [4.78, 5) is 17.7. The Labute approximate surface area is 185 Å². The molecule has 2 aromatic rings. The van der Waals surface area contributed by atoms with Crippen molar-refractivity contribution in [2.75, 3.05) is 24.7 Å². The summed E-state index contributed by atoms with van der Waals surface area (Å²) in [5.41, 5.74) is 2.04. The van der Waals surface area contributed by atoms with Crippen molar-refractivity contribution >= 4 is 11.6 Å². The lowest BCUT2D eigenvalue weighted by molar-refractivity contribution is -0.127. The third-order valence-corrected chi connectivity index (χ3v) is 7.92. The van der Waals surface area contributed by atoms with Crippen LogP contribution in [-0.4, -0.2) is 47.3 Å². The van der Waals surface area contributed by atoms with Crippen LogP contribution in [0.1, 0.15) is 49.7 Å². The number of nitrogens with zero attached hydrogens (tertiary/aromatic N) is 2. The smallest absolute Gasteiger partial charge is 0.247 e. The molecule has 1 aliphatic carbocycles. The fraction of sp³-hybridized carbons (Fsp3) is 0.500. The molecule has 3 aliphatic rings. The Morgan fingerprint density at radius 2 is 1.68 bits per heavy atom. The molecule has 5 nitrogen and oxygen atoms in total. The number of amides is 1. The predicted molar refractivity (Wildman–Crippen MR) is 123 cm³/mol. The summed E-state index contributed by atoms with van der Waals surface area (Å²) in [6, 6.07) is 18.6. The number of carbonyl (C=O) groups excluding carboxylic acids is 1. The lowest BCUT2D eigenvalue weighted by Gasteiger charge is -2.51. The Bertz CT molecular complexity index is 939. The quantitative estimate of drug-likeness (QED) is 0.799. The van der Waals surface area contributed by atoms with E-state index in [1.807, 2.05) is 30.3 Å². The lowest BCUT2D eigenvalue weighted by Crippen LogP contribution is -2.61. The minimum Gasteiger partial charge on any atom is -0.384 e. The van der Waals surface area contributed by atoms with Crippen LogP contribution < -0.4 is 10.2 Å². The van der Waals surface area contributed by atoms with Crippen molar-refractivity contribution in [2.24, 2.45) is 0 Å². The number of piperidine rings is 1. The van der Waals surface area contributed by atoms with E-state index in [1.165, 1.54) is 0 Å². The van der Waals surface area contributed by atoms with Gasteiger partial charge in [-0.15, -0.1) is 0 Å². The molecule has 2 atom stereocenters. The van der Waals surface area contributed by atoms with E-state index < -0.39 is 11.1 Å². The molecule has 1 amide bonds. The first-order valence-corrected chi connectivity index (χ1v) is 11.7. The third-order valence-electron chi connectivity index (χ3n) is 7.92. The fourth-order valence-electron chi connectivity index (χ4n) is 6.23. The van der Waals surface area contributed by atoms with Gasteiger partial charge in [-0.25, -0.2) is 0 Å². The maximum atomic E-state index is 13.0. The number of aliphatic hydroxyl groups is 1. The number of benzene rings is 2. The van der Waals surface area contributed by atoms with Gasteiger partial charge in [0.25, 0.3) is 0 Å². The maximum absolute atomic E-state index is 13.0. The highest BCUT2D eigenvalue weighted by molar-refractivity contribution is 5.93. The van der Waals surface area contributed by atoms with Crippen molar-refractivity contribution in [3.63, 3.8) is 0 Å². The molecule has 0 unspecified atom stereocenters. The van der Waals surface area contributed by atoms with E-state index in [9.17, 15) is 9.90 Å². The van der Waals surface area contributed by atoms with Gasteiger partial charge in [-0.3, -0.25) is 9.69 Å². The van der Waals surface area contributed by atoms with E-state index in [4.69, 9.17) is 0 Å². The van der Waals surface area contributed by atoms with Crippen LogP contribution in [0.2, 0.25) is 0 Å². The molecule has 1 spiro atoms. The van der Waals surface area contributed by atoms with Gasteiger partial charge in [0, 0.05) is 24.8 Å². The zero-order valence-electron chi connectivity index (χ0n) is 18.4. The van der Waals surface area contributed by atoms with Gasteiger partial charge in [0.1, 0.15) is 11.1 Å². The number of hydrogen-bond donors (Lipinski definition) is 2. The van der Waals surface area contributed by atoms with Crippen LogP contribution in [0, 0.1) is 6.92 Å². The van der Waals surface area contributed by atoms with E-state index >= 15 is 0 Å². The summed E-state index contributed by atoms with van der Waals surface area (Å²) in [6.07, 6.45) is 5.59. The standard InChI is InChI=1S/C26H33N3O2/c1-20-9-5-6-12-22(20)26(31)14-8-7-13-23(26)28-17-15-25(16-18-28)24(30)27-19-29(25)21-10-3-2-4-11-21/h2-6,9-12,23,31H,7-8,13-19H2,1H3,(H,27,30)/t23-,26+/m1/s1. The fourth-order valence-corrected chi connectivity index (χ4v) is 6.23. The summed E-state index contributed by atoms with van der Waals surface area (Å²) < 4.78 is 0. The average Bonchev–Trinajstić information content (AvgIpc) is 3.11. The molecule has 31 heavy (non-hydrogen) atoms. The molecule has 2 saturated heterocycles. The highest BCUT2D eigenvalue weighted by Gasteiger charge is 2.53. The van der Waals surface area contributed by atoms with Crippen molar-refractivity contribution in [1.29, 1.82) is 0 Å². The summed E-state index contributed by atoms with van der Waals surface area (Å²) >= 11 is 0. The average molecular weight is 420 g/mol. The number of para-hydroxylation sites is 1. The number of nitrogens with one attached hydrogen (secondary N) is 1. The molecule has 0 aromatic heterocycles. The predicted octanol–water partition coefficient (Wildman–Crippen LogP) is 3.55. The van der Waals surface area contributed by atoms with Crippen molar-refractivity contribution in [3.8, 4) is 0 Å². The first-order valence-electron chi connectivity index (χ1n) is 11.7. The molecule has 0 radical (unpaired) electrons. The minimum absolute atomic E-state index is 0.106. The maximum Gasteiger partial charge on any atom is 0.247 e. The number of carbonyl (C=O) groups is 1. The molecule has 2 aliphatic heterocycles. The zero-order valence-corrected chi connectivity index (χ0v) is 18.4. The van der Waals surface area contributed by atoms with Crippen LogP contribution in [0.15, 0.2) is 54.6 Å². The van der Waals surface area contributed by atoms with Gasteiger partial charge in [-0.1, -0.05) is 55.3 Å². The van der Waals surface area contributed by atoms with E-state index in [0.29, 0.717) is 6.67 Å². The molecule has 164 valence electrons. The van der Waals surface area contributed by atoms with Crippen molar-refractivity contribution in [1.82, 2.24) is 10.2 Å².